The maximum absolute atomic E-state index is 5.28. The van der Waals surface area contributed by atoms with Crippen LogP contribution in [0.4, 0.5) is 0 Å². The Balaban J connectivity index is 1.04. The molecule has 5 heterocycles. The number of rotatable bonds is 6. The molecule has 0 aliphatic heterocycles. The molecule has 0 aliphatic rings. The molecule has 54 heavy (non-hydrogen) atoms. The van der Waals surface area contributed by atoms with E-state index in [1.54, 1.807) is 12.4 Å². The van der Waals surface area contributed by atoms with Gasteiger partial charge in [0, 0.05) is 57.8 Å². The predicted octanol–water partition coefficient (Wildman–Crippen LogP) is 12.1. The Morgan fingerprint density at radius 3 is 1.31 bits per heavy atom. The second kappa shape index (κ2) is 13.3. The molecule has 5 nitrogen and oxygen atoms in total. The fraction of sp³-hybridized carbons (Fsp3) is 0. The molecular weight excluding hydrogens is 659 g/mol. The van der Waals surface area contributed by atoms with Crippen molar-refractivity contribution in [1.82, 2.24) is 24.9 Å². The van der Waals surface area contributed by atoms with Crippen molar-refractivity contribution >= 4 is 32.6 Å². The summed E-state index contributed by atoms with van der Waals surface area (Å²) in [4.78, 5) is 24.2. The van der Waals surface area contributed by atoms with E-state index in [4.69, 9.17) is 15.0 Å². The SMILES string of the molecule is c1cncc(-c2cc(-c3cccc(-c4ccc5ccc6ccc(-c7cccc(-c8ccc9ccccc9c8)c7)nc6c5n4)c3)cc(-c3cccnc3)n2)c1. The molecule has 0 unspecified atom stereocenters. The van der Waals surface area contributed by atoms with Gasteiger partial charge >= 0.3 is 0 Å². The van der Waals surface area contributed by atoms with Crippen LogP contribution in [0.3, 0.4) is 0 Å². The third-order valence-corrected chi connectivity index (χ3v) is 9.99. The number of benzene rings is 5. The minimum atomic E-state index is 0.852. The van der Waals surface area contributed by atoms with Gasteiger partial charge in [-0.25, -0.2) is 15.0 Å². The van der Waals surface area contributed by atoms with Crippen molar-refractivity contribution in [1.29, 1.82) is 0 Å². The minimum Gasteiger partial charge on any atom is -0.264 e. The minimum absolute atomic E-state index is 0.852. The fourth-order valence-electron chi connectivity index (χ4n) is 7.20. The van der Waals surface area contributed by atoms with E-state index in [-0.39, 0.29) is 0 Å². The van der Waals surface area contributed by atoms with Gasteiger partial charge in [-0.15, -0.1) is 0 Å². The lowest BCUT2D eigenvalue weighted by atomic mass is 9.98. The molecule has 0 saturated carbocycles. The summed E-state index contributed by atoms with van der Waals surface area (Å²) in [5, 5.41) is 4.57. The molecule has 0 atom stereocenters. The van der Waals surface area contributed by atoms with Crippen LogP contribution >= 0.6 is 0 Å². The quantitative estimate of drug-likeness (QED) is 0.163. The van der Waals surface area contributed by atoms with Gasteiger partial charge < -0.3 is 0 Å². The Morgan fingerprint density at radius 2 is 0.741 bits per heavy atom. The van der Waals surface area contributed by atoms with Gasteiger partial charge in [-0.05, 0) is 99.8 Å². The van der Waals surface area contributed by atoms with Crippen LogP contribution in [0.15, 0.2) is 189 Å². The Kier molecular flexibility index (Phi) is 7.73. The van der Waals surface area contributed by atoms with Crippen LogP contribution in [0.1, 0.15) is 0 Å². The Morgan fingerprint density at radius 1 is 0.259 bits per heavy atom. The standard InChI is InChI=1S/C49H31N5/c1-2-8-35-25-38(18-15-32(35)7-1)36-9-3-11-39(26-36)44-21-19-33-16-17-34-20-22-45(54-49(34)48(33)53-44)40-12-4-10-37(27-40)43-28-46(41-13-5-23-50-30-41)52-47(29-43)42-14-6-24-51-31-42/h1-31H. The first-order valence-corrected chi connectivity index (χ1v) is 18.0. The van der Waals surface area contributed by atoms with Crippen LogP contribution in [-0.4, -0.2) is 24.9 Å². The number of pyridine rings is 5. The van der Waals surface area contributed by atoms with Crippen molar-refractivity contribution in [2.24, 2.45) is 0 Å². The molecule has 0 amide bonds. The maximum atomic E-state index is 5.28. The van der Waals surface area contributed by atoms with Crippen molar-refractivity contribution in [2.45, 2.75) is 0 Å². The third kappa shape index (κ3) is 5.94. The second-order valence-electron chi connectivity index (χ2n) is 13.4. The summed E-state index contributed by atoms with van der Waals surface area (Å²) in [7, 11) is 0. The summed E-state index contributed by atoms with van der Waals surface area (Å²) >= 11 is 0. The summed E-state index contributed by atoms with van der Waals surface area (Å²) in [6.07, 6.45) is 7.25. The van der Waals surface area contributed by atoms with Crippen molar-refractivity contribution < 1.29 is 0 Å². The lowest BCUT2D eigenvalue weighted by Gasteiger charge is -2.12. The van der Waals surface area contributed by atoms with Gasteiger partial charge in [0.1, 0.15) is 0 Å². The van der Waals surface area contributed by atoms with E-state index < -0.39 is 0 Å². The van der Waals surface area contributed by atoms with Crippen molar-refractivity contribution in [3.63, 3.8) is 0 Å². The molecule has 5 aromatic carbocycles. The molecule has 0 fully saturated rings. The number of aromatic nitrogens is 5. The lowest BCUT2D eigenvalue weighted by molar-refractivity contribution is 1.26. The first-order chi connectivity index (χ1) is 26.7. The van der Waals surface area contributed by atoms with E-state index in [0.717, 1.165) is 83.5 Å². The van der Waals surface area contributed by atoms with E-state index in [2.05, 4.69) is 149 Å². The second-order valence-corrected chi connectivity index (χ2v) is 13.4. The van der Waals surface area contributed by atoms with Gasteiger partial charge in [0.2, 0.25) is 0 Å². The zero-order valence-electron chi connectivity index (χ0n) is 29.1. The van der Waals surface area contributed by atoms with Crippen molar-refractivity contribution in [2.75, 3.05) is 0 Å². The molecule has 0 spiro atoms. The number of fused-ring (bicyclic) bond motifs is 4. The molecule has 0 N–H and O–H groups in total. The first kappa shape index (κ1) is 31.4. The highest BCUT2D eigenvalue weighted by molar-refractivity contribution is 6.04. The van der Waals surface area contributed by atoms with Gasteiger partial charge in [-0.3, -0.25) is 9.97 Å². The number of hydrogen-bond donors (Lipinski definition) is 0. The molecule has 10 rings (SSSR count). The van der Waals surface area contributed by atoms with E-state index >= 15 is 0 Å². The summed E-state index contributed by atoms with van der Waals surface area (Å²) in [6, 6.07) is 57.2. The molecule has 5 heteroatoms. The van der Waals surface area contributed by atoms with E-state index in [0.29, 0.717) is 0 Å². The Labute approximate surface area is 312 Å². The highest BCUT2D eigenvalue weighted by atomic mass is 14.8. The summed E-state index contributed by atoms with van der Waals surface area (Å²) in [6.45, 7) is 0. The summed E-state index contributed by atoms with van der Waals surface area (Å²) in [5.74, 6) is 0. The molecule has 10 aromatic rings. The van der Waals surface area contributed by atoms with Gasteiger partial charge in [0.25, 0.3) is 0 Å². The molecule has 0 saturated heterocycles. The molecule has 0 bridgehead atoms. The van der Waals surface area contributed by atoms with Crippen molar-refractivity contribution in [3.05, 3.63) is 189 Å². The molecule has 0 radical (unpaired) electrons. The first-order valence-electron chi connectivity index (χ1n) is 18.0. The van der Waals surface area contributed by atoms with Gasteiger partial charge in [-0.2, -0.15) is 0 Å². The Hall–Kier alpha value is -7.37. The fourth-order valence-corrected chi connectivity index (χ4v) is 7.20. The molecular formula is C49H31N5. The largest absolute Gasteiger partial charge is 0.264 e. The van der Waals surface area contributed by atoms with E-state index in [1.165, 1.54) is 16.3 Å². The molecule has 252 valence electrons. The van der Waals surface area contributed by atoms with E-state index in [1.807, 2.05) is 36.7 Å². The Bertz CT molecular complexity index is 2940. The average Bonchev–Trinajstić information content (AvgIpc) is 3.26. The highest BCUT2D eigenvalue weighted by Gasteiger charge is 2.13. The summed E-state index contributed by atoms with van der Waals surface area (Å²) < 4.78 is 0. The van der Waals surface area contributed by atoms with Crippen LogP contribution in [0.2, 0.25) is 0 Å². The predicted molar refractivity (Wildman–Crippen MR) is 221 cm³/mol. The van der Waals surface area contributed by atoms with Gasteiger partial charge in [0.05, 0.1) is 33.8 Å². The number of hydrogen-bond acceptors (Lipinski definition) is 5. The smallest absolute Gasteiger partial charge is 0.0972 e. The van der Waals surface area contributed by atoms with Crippen LogP contribution in [0.25, 0.3) is 99.9 Å². The zero-order valence-corrected chi connectivity index (χ0v) is 29.1. The van der Waals surface area contributed by atoms with Gasteiger partial charge in [0.15, 0.2) is 0 Å². The van der Waals surface area contributed by atoms with Crippen LogP contribution in [-0.2, 0) is 0 Å². The van der Waals surface area contributed by atoms with Gasteiger partial charge in [-0.1, -0.05) is 97.1 Å². The van der Waals surface area contributed by atoms with E-state index in [9.17, 15) is 0 Å². The van der Waals surface area contributed by atoms with Crippen LogP contribution in [0, 0.1) is 0 Å². The molecule has 0 aliphatic carbocycles. The van der Waals surface area contributed by atoms with Crippen LogP contribution < -0.4 is 0 Å². The topological polar surface area (TPSA) is 64.5 Å². The average molecular weight is 690 g/mol. The van der Waals surface area contributed by atoms with Crippen molar-refractivity contribution in [3.8, 4) is 67.3 Å². The lowest BCUT2D eigenvalue weighted by Crippen LogP contribution is -1.93. The summed E-state index contributed by atoms with van der Waals surface area (Å²) in [5.41, 5.74) is 13.7. The zero-order chi connectivity index (χ0) is 35.8. The maximum Gasteiger partial charge on any atom is 0.0972 e. The van der Waals surface area contributed by atoms with Crippen LogP contribution in [0.5, 0.6) is 0 Å². The number of nitrogens with zero attached hydrogens (tertiary/aromatic N) is 5. The monoisotopic (exact) mass is 689 g/mol. The highest BCUT2D eigenvalue weighted by Crippen LogP contribution is 2.34. The molecule has 5 aromatic heterocycles. The normalized spacial score (nSPS) is 11.3. The third-order valence-electron chi connectivity index (χ3n) is 9.99.